The Balaban J connectivity index is 2.21. The summed E-state index contributed by atoms with van der Waals surface area (Å²) in [5.74, 6) is 0. The first-order chi connectivity index (χ1) is 5.74. The second kappa shape index (κ2) is 4.83. The lowest BCUT2D eigenvalue weighted by molar-refractivity contribution is -0.0529. The molecule has 1 aliphatic heterocycles. The molecule has 0 aliphatic carbocycles. The summed E-state index contributed by atoms with van der Waals surface area (Å²) in [7, 11) is 0. The van der Waals surface area contributed by atoms with E-state index in [0.29, 0.717) is 18.2 Å². The molecule has 2 nitrogen and oxygen atoms in total. The number of ether oxygens (including phenoxy) is 1. The molecule has 72 valence electrons. The van der Waals surface area contributed by atoms with E-state index < -0.39 is 0 Å². The third-order valence-electron chi connectivity index (χ3n) is 2.66. The molecule has 1 N–H and O–H groups in total. The van der Waals surface area contributed by atoms with Crippen molar-refractivity contribution >= 4 is 0 Å². The summed E-state index contributed by atoms with van der Waals surface area (Å²) in [4.78, 5) is 0. The number of nitrogens with one attached hydrogen (secondary N) is 1. The average molecular weight is 171 g/mol. The van der Waals surface area contributed by atoms with Gasteiger partial charge in [0.15, 0.2) is 0 Å². The van der Waals surface area contributed by atoms with Gasteiger partial charge in [0.05, 0.1) is 12.2 Å². The van der Waals surface area contributed by atoms with Crippen molar-refractivity contribution in [1.82, 2.24) is 5.32 Å². The normalized spacial score (nSPS) is 36.8. The molecule has 0 radical (unpaired) electrons. The van der Waals surface area contributed by atoms with Gasteiger partial charge in [-0.15, -0.1) is 0 Å². The lowest BCUT2D eigenvalue weighted by Crippen LogP contribution is -2.49. The van der Waals surface area contributed by atoms with Crippen LogP contribution in [0.5, 0.6) is 0 Å². The van der Waals surface area contributed by atoms with E-state index in [-0.39, 0.29) is 0 Å². The third kappa shape index (κ3) is 2.76. The molecule has 0 saturated carbocycles. The van der Waals surface area contributed by atoms with Crippen molar-refractivity contribution in [1.29, 1.82) is 0 Å². The quantitative estimate of drug-likeness (QED) is 0.700. The van der Waals surface area contributed by atoms with Gasteiger partial charge in [0, 0.05) is 12.6 Å². The number of unbranched alkanes of at least 4 members (excludes halogenated alkanes) is 1. The van der Waals surface area contributed by atoms with Crippen LogP contribution in [-0.2, 0) is 4.74 Å². The van der Waals surface area contributed by atoms with Gasteiger partial charge >= 0.3 is 0 Å². The predicted octanol–water partition coefficient (Wildman–Crippen LogP) is 1.94. The second-order valence-electron chi connectivity index (χ2n) is 3.80. The second-order valence-corrected chi connectivity index (χ2v) is 3.80. The Morgan fingerprint density at radius 3 is 2.75 bits per heavy atom. The Morgan fingerprint density at radius 2 is 2.17 bits per heavy atom. The van der Waals surface area contributed by atoms with Gasteiger partial charge in [-0.3, -0.25) is 0 Å². The van der Waals surface area contributed by atoms with Gasteiger partial charge in [0.2, 0.25) is 0 Å². The smallest absolute Gasteiger partial charge is 0.0704 e. The van der Waals surface area contributed by atoms with Gasteiger partial charge in [-0.05, 0) is 20.3 Å². The molecular formula is C10H21NO. The fraction of sp³-hybridized carbons (Fsp3) is 1.00. The highest BCUT2D eigenvalue weighted by molar-refractivity contribution is 4.78. The van der Waals surface area contributed by atoms with Crippen LogP contribution >= 0.6 is 0 Å². The molecule has 0 bridgehead atoms. The van der Waals surface area contributed by atoms with Crippen molar-refractivity contribution in [2.75, 3.05) is 6.54 Å². The van der Waals surface area contributed by atoms with E-state index in [2.05, 4.69) is 26.1 Å². The Kier molecular flexibility index (Phi) is 4.02. The minimum absolute atomic E-state index is 0.376. The van der Waals surface area contributed by atoms with Crippen LogP contribution in [0.3, 0.4) is 0 Å². The molecule has 1 fully saturated rings. The van der Waals surface area contributed by atoms with Gasteiger partial charge in [0.1, 0.15) is 0 Å². The summed E-state index contributed by atoms with van der Waals surface area (Å²) < 4.78 is 5.84. The lowest BCUT2D eigenvalue weighted by Gasteiger charge is -2.33. The highest BCUT2D eigenvalue weighted by atomic mass is 16.5. The first kappa shape index (κ1) is 10.0. The summed E-state index contributed by atoms with van der Waals surface area (Å²) >= 11 is 0. The van der Waals surface area contributed by atoms with Gasteiger partial charge < -0.3 is 10.1 Å². The van der Waals surface area contributed by atoms with Crippen molar-refractivity contribution in [3.05, 3.63) is 0 Å². The maximum atomic E-state index is 5.84. The van der Waals surface area contributed by atoms with Crippen LogP contribution in [0.15, 0.2) is 0 Å². The van der Waals surface area contributed by atoms with Crippen LogP contribution in [0.1, 0.15) is 40.0 Å². The van der Waals surface area contributed by atoms with Crippen LogP contribution in [0.25, 0.3) is 0 Å². The lowest BCUT2D eigenvalue weighted by atomic mass is 10.1. The molecule has 0 aromatic carbocycles. The number of rotatable bonds is 3. The van der Waals surface area contributed by atoms with Crippen molar-refractivity contribution < 1.29 is 4.74 Å². The number of hydrogen-bond donors (Lipinski definition) is 1. The van der Waals surface area contributed by atoms with E-state index in [9.17, 15) is 0 Å². The van der Waals surface area contributed by atoms with Crippen LogP contribution in [0.2, 0.25) is 0 Å². The highest BCUT2D eigenvalue weighted by Crippen LogP contribution is 2.13. The largest absolute Gasteiger partial charge is 0.372 e. The Hall–Kier alpha value is -0.0800. The van der Waals surface area contributed by atoms with Crippen molar-refractivity contribution in [2.45, 2.75) is 58.3 Å². The van der Waals surface area contributed by atoms with Crippen LogP contribution in [-0.4, -0.2) is 24.8 Å². The molecule has 3 atom stereocenters. The summed E-state index contributed by atoms with van der Waals surface area (Å²) in [6.45, 7) is 7.59. The van der Waals surface area contributed by atoms with E-state index in [0.717, 1.165) is 6.54 Å². The zero-order valence-corrected chi connectivity index (χ0v) is 8.47. The maximum Gasteiger partial charge on any atom is 0.0704 e. The fourth-order valence-corrected chi connectivity index (χ4v) is 1.55. The molecule has 0 aromatic heterocycles. The van der Waals surface area contributed by atoms with Crippen molar-refractivity contribution in [3.63, 3.8) is 0 Å². The van der Waals surface area contributed by atoms with E-state index >= 15 is 0 Å². The number of hydrogen-bond acceptors (Lipinski definition) is 2. The first-order valence-electron chi connectivity index (χ1n) is 5.13. The van der Waals surface area contributed by atoms with Crippen molar-refractivity contribution in [3.8, 4) is 0 Å². The topological polar surface area (TPSA) is 21.3 Å². The summed E-state index contributed by atoms with van der Waals surface area (Å²) in [6, 6.07) is 0.517. The molecule has 0 amide bonds. The van der Waals surface area contributed by atoms with Gasteiger partial charge in [0.25, 0.3) is 0 Å². The first-order valence-corrected chi connectivity index (χ1v) is 5.13. The van der Waals surface area contributed by atoms with E-state index in [1.54, 1.807) is 0 Å². The molecule has 1 aliphatic rings. The molecule has 2 heteroatoms. The zero-order chi connectivity index (χ0) is 8.97. The Bertz CT molecular complexity index is 125. The zero-order valence-electron chi connectivity index (χ0n) is 8.47. The average Bonchev–Trinajstić information content (AvgIpc) is 2.07. The van der Waals surface area contributed by atoms with E-state index in [4.69, 9.17) is 4.74 Å². The maximum absolute atomic E-state index is 5.84. The molecule has 3 unspecified atom stereocenters. The fourth-order valence-electron chi connectivity index (χ4n) is 1.55. The molecule has 12 heavy (non-hydrogen) atoms. The SMILES string of the molecule is CCCCC1CNC(C)C(C)O1. The van der Waals surface area contributed by atoms with Crippen LogP contribution in [0, 0.1) is 0 Å². The molecule has 1 heterocycles. The van der Waals surface area contributed by atoms with Gasteiger partial charge in [-0.25, -0.2) is 0 Å². The minimum Gasteiger partial charge on any atom is -0.372 e. The number of morpholine rings is 1. The predicted molar refractivity (Wildman–Crippen MR) is 51.3 cm³/mol. The third-order valence-corrected chi connectivity index (χ3v) is 2.66. The standard InChI is InChI=1S/C10H21NO/c1-4-5-6-10-7-11-8(2)9(3)12-10/h8-11H,4-7H2,1-3H3. The van der Waals surface area contributed by atoms with Crippen LogP contribution in [0.4, 0.5) is 0 Å². The van der Waals surface area contributed by atoms with E-state index in [1.165, 1.54) is 19.3 Å². The molecule has 0 spiro atoms. The minimum atomic E-state index is 0.376. The monoisotopic (exact) mass is 171 g/mol. The van der Waals surface area contributed by atoms with Gasteiger partial charge in [-0.2, -0.15) is 0 Å². The Morgan fingerprint density at radius 1 is 1.42 bits per heavy atom. The highest BCUT2D eigenvalue weighted by Gasteiger charge is 2.23. The van der Waals surface area contributed by atoms with E-state index in [1.807, 2.05) is 0 Å². The molecule has 0 aromatic rings. The molecular weight excluding hydrogens is 150 g/mol. The molecule has 1 saturated heterocycles. The summed E-state index contributed by atoms with van der Waals surface area (Å²) in [5.41, 5.74) is 0. The summed E-state index contributed by atoms with van der Waals surface area (Å²) in [5, 5.41) is 3.47. The Labute approximate surface area is 75.7 Å². The molecule has 1 rings (SSSR count). The van der Waals surface area contributed by atoms with Crippen molar-refractivity contribution in [2.24, 2.45) is 0 Å². The van der Waals surface area contributed by atoms with Crippen LogP contribution < -0.4 is 5.32 Å². The summed E-state index contributed by atoms with van der Waals surface area (Å²) in [6.07, 6.45) is 4.59. The van der Waals surface area contributed by atoms with Gasteiger partial charge in [-0.1, -0.05) is 19.8 Å².